The molecule has 3 fully saturated rings. The maximum absolute atomic E-state index is 13.4. The molecule has 560 valence electrons. The SMILES string of the molecule is CC/C=C\C/C=C\C/C=C\C/C=C\C/C=C\C/C=C\C/C=C\C/C=C\C/C=C\CCCCCCCCCC(=O)NC(COC1OC(CO)C(OC2OC(CO)C(OC3OC(CO)C(O)C(O)C3O)C(O)C2O)C(O)C1O)C(O)/C=C/CC/C=C/CCCCCCCCCCCCCC. The number of allylic oxidation sites excluding steroid dienone is 21. The highest BCUT2D eigenvalue weighted by atomic mass is 16.8. The van der Waals surface area contributed by atoms with Gasteiger partial charge in [-0.1, -0.05) is 250 Å². The van der Waals surface area contributed by atoms with E-state index in [1.807, 2.05) is 6.08 Å². The first-order chi connectivity index (χ1) is 47.8. The van der Waals surface area contributed by atoms with Gasteiger partial charge in [-0.25, -0.2) is 0 Å². The highest BCUT2D eigenvalue weighted by Crippen LogP contribution is 2.33. The van der Waals surface area contributed by atoms with E-state index in [0.717, 1.165) is 122 Å². The van der Waals surface area contributed by atoms with Crippen LogP contribution in [0.4, 0.5) is 0 Å². The Bertz CT molecular complexity index is 2290. The number of amides is 1. The number of nitrogens with one attached hydrogen (secondary N) is 1. The molecular formula is C79H131NO18. The Morgan fingerprint density at radius 2 is 0.714 bits per heavy atom. The van der Waals surface area contributed by atoms with Gasteiger partial charge in [-0.3, -0.25) is 4.79 Å². The molecule has 0 saturated carbocycles. The van der Waals surface area contributed by atoms with Crippen LogP contribution in [-0.4, -0.2) is 193 Å². The summed E-state index contributed by atoms with van der Waals surface area (Å²) in [6.07, 6.45) is 55.7. The lowest BCUT2D eigenvalue weighted by molar-refractivity contribution is -0.379. The Balaban J connectivity index is 1.40. The summed E-state index contributed by atoms with van der Waals surface area (Å²) >= 11 is 0. The Morgan fingerprint density at radius 3 is 1.14 bits per heavy atom. The molecule has 19 nitrogen and oxygen atoms in total. The van der Waals surface area contributed by atoms with Gasteiger partial charge in [-0.15, -0.1) is 0 Å². The van der Waals surface area contributed by atoms with E-state index in [4.69, 9.17) is 28.4 Å². The van der Waals surface area contributed by atoms with Gasteiger partial charge in [0.1, 0.15) is 73.2 Å². The zero-order valence-electron chi connectivity index (χ0n) is 59.5. The number of aliphatic hydroxyl groups excluding tert-OH is 11. The van der Waals surface area contributed by atoms with Crippen LogP contribution in [0, 0.1) is 0 Å². The molecule has 0 aromatic rings. The third kappa shape index (κ3) is 38.8. The molecule has 0 spiro atoms. The van der Waals surface area contributed by atoms with E-state index in [9.17, 15) is 61.0 Å². The van der Waals surface area contributed by atoms with E-state index in [1.165, 1.54) is 70.6 Å². The van der Waals surface area contributed by atoms with Crippen molar-refractivity contribution in [2.45, 2.75) is 330 Å². The van der Waals surface area contributed by atoms with E-state index < -0.39 is 124 Å². The van der Waals surface area contributed by atoms with Crippen LogP contribution in [0.2, 0.25) is 0 Å². The van der Waals surface area contributed by atoms with Gasteiger partial charge < -0.3 is 89.9 Å². The van der Waals surface area contributed by atoms with Crippen molar-refractivity contribution in [3.63, 3.8) is 0 Å². The fourth-order valence-electron chi connectivity index (χ4n) is 11.7. The molecule has 12 N–H and O–H groups in total. The van der Waals surface area contributed by atoms with Crippen LogP contribution < -0.4 is 5.32 Å². The fourth-order valence-corrected chi connectivity index (χ4v) is 11.7. The minimum Gasteiger partial charge on any atom is -0.394 e. The zero-order chi connectivity index (χ0) is 71.1. The predicted octanol–water partition coefficient (Wildman–Crippen LogP) is 11.3. The van der Waals surface area contributed by atoms with Gasteiger partial charge in [0.15, 0.2) is 18.9 Å². The highest BCUT2D eigenvalue weighted by molar-refractivity contribution is 5.76. The highest BCUT2D eigenvalue weighted by Gasteiger charge is 2.53. The maximum atomic E-state index is 13.4. The number of hydrogen-bond acceptors (Lipinski definition) is 18. The Kier molecular flexibility index (Phi) is 52.6. The molecule has 1 amide bonds. The molecule has 3 rings (SSSR count). The summed E-state index contributed by atoms with van der Waals surface area (Å²) in [7, 11) is 0. The second-order valence-electron chi connectivity index (χ2n) is 26.0. The summed E-state index contributed by atoms with van der Waals surface area (Å²) in [6, 6.07) is -1.01. The van der Waals surface area contributed by atoms with Gasteiger partial charge in [-0.05, 0) is 103 Å². The number of ether oxygens (including phenoxy) is 6. The van der Waals surface area contributed by atoms with Crippen molar-refractivity contribution in [3.05, 3.63) is 134 Å². The smallest absolute Gasteiger partial charge is 0.220 e. The van der Waals surface area contributed by atoms with Crippen LogP contribution in [0.3, 0.4) is 0 Å². The van der Waals surface area contributed by atoms with Crippen molar-refractivity contribution < 1.29 is 89.4 Å². The Labute approximate surface area is 588 Å². The van der Waals surface area contributed by atoms with E-state index >= 15 is 0 Å². The topological polar surface area (TPSA) is 307 Å². The lowest BCUT2D eigenvalue weighted by atomic mass is 9.96. The molecule has 3 heterocycles. The number of hydrogen-bond donors (Lipinski definition) is 12. The fraction of sp³-hybridized carbons (Fsp3) is 0.709. The van der Waals surface area contributed by atoms with Crippen molar-refractivity contribution in [2.75, 3.05) is 26.4 Å². The second-order valence-corrected chi connectivity index (χ2v) is 26.0. The molecular weight excluding hydrogens is 1250 g/mol. The lowest BCUT2D eigenvalue weighted by Crippen LogP contribution is -2.66. The van der Waals surface area contributed by atoms with Crippen LogP contribution in [-0.2, 0) is 33.2 Å². The van der Waals surface area contributed by atoms with E-state index in [-0.39, 0.29) is 18.9 Å². The first-order valence-electron chi connectivity index (χ1n) is 37.4. The molecule has 98 heavy (non-hydrogen) atoms. The van der Waals surface area contributed by atoms with Crippen molar-refractivity contribution in [2.24, 2.45) is 0 Å². The summed E-state index contributed by atoms with van der Waals surface area (Å²) in [4.78, 5) is 13.4. The van der Waals surface area contributed by atoms with Gasteiger partial charge in [0.2, 0.25) is 5.91 Å². The van der Waals surface area contributed by atoms with Crippen LogP contribution in [0.25, 0.3) is 0 Å². The predicted molar refractivity (Wildman–Crippen MR) is 387 cm³/mol. The molecule has 0 bridgehead atoms. The molecule has 17 unspecified atom stereocenters. The Hall–Kier alpha value is -4.07. The standard InChI is InChI=1S/C79H131NO18/c1-3-5-7-9-11-13-15-17-19-21-23-24-25-26-27-28-29-30-31-32-33-34-35-36-37-38-39-41-43-45-47-49-51-53-55-57-67(85)80-62(63(84)56-54-52-50-48-46-44-42-40-22-20-18-16-14-12-10-8-6-4-2)61-93-77-73(91)70(88)75(65(59-82)95-77)98-79-74(92)71(89)76(66(60-83)96-79)97-78-72(90)69(87)68(86)64(58-81)94-78/h5,7,11,13,17,19,23-24,26-27,29-30,32-33,35-36,38-39,46,48,54,56,62-66,68-79,81-84,86-92H,3-4,6,8-10,12,14-16,18,20-22,25,28,31,34,37,40-45,47,49-53,55,57-61H2,1-2H3,(H,80,85)/b7-5-,13-11-,19-17-,24-23-,27-26-,30-29-,33-32-,36-35-,39-38-,48-46+,56-54+. The normalized spacial score (nSPS) is 27.5. The third-order valence-corrected chi connectivity index (χ3v) is 17.7. The molecule has 0 aromatic heterocycles. The average molecular weight is 1380 g/mol. The maximum Gasteiger partial charge on any atom is 0.220 e. The van der Waals surface area contributed by atoms with Gasteiger partial charge in [0.05, 0.1) is 38.6 Å². The quantitative estimate of drug-likeness (QED) is 0.0199. The van der Waals surface area contributed by atoms with Crippen molar-refractivity contribution in [1.82, 2.24) is 5.32 Å². The first-order valence-corrected chi connectivity index (χ1v) is 37.4. The van der Waals surface area contributed by atoms with E-state index in [1.54, 1.807) is 6.08 Å². The lowest BCUT2D eigenvalue weighted by Gasteiger charge is -2.48. The minimum absolute atomic E-state index is 0.213. The van der Waals surface area contributed by atoms with E-state index in [2.05, 4.69) is 141 Å². The number of carbonyl (C=O) groups excluding carboxylic acids is 1. The molecule has 3 aliphatic rings. The molecule has 17 atom stereocenters. The van der Waals surface area contributed by atoms with Crippen molar-refractivity contribution in [3.8, 4) is 0 Å². The molecule has 0 aliphatic carbocycles. The number of aliphatic hydroxyl groups is 11. The summed E-state index contributed by atoms with van der Waals surface area (Å²) in [5, 5.41) is 121. The minimum atomic E-state index is -1.99. The van der Waals surface area contributed by atoms with E-state index in [0.29, 0.717) is 12.8 Å². The van der Waals surface area contributed by atoms with Crippen molar-refractivity contribution >= 4 is 5.91 Å². The molecule has 0 radical (unpaired) electrons. The summed E-state index contributed by atoms with van der Waals surface area (Å²) in [5.74, 6) is -0.302. The van der Waals surface area contributed by atoms with Gasteiger partial charge in [-0.2, -0.15) is 0 Å². The average Bonchev–Trinajstić information content (AvgIpc) is 0.785. The van der Waals surface area contributed by atoms with Crippen molar-refractivity contribution in [1.29, 1.82) is 0 Å². The van der Waals surface area contributed by atoms with Gasteiger partial charge in [0.25, 0.3) is 0 Å². The van der Waals surface area contributed by atoms with Crippen LogP contribution in [0.1, 0.15) is 226 Å². The number of rotatable bonds is 56. The van der Waals surface area contributed by atoms with Gasteiger partial charge in [0, 0.05) is 6.42 Å². The number of carbonyl (C=O) groups is 1. The Morgan fingerprint density at radius 1 is 0.378 bits per heavy atom. The van der Waals surface area contributed by atoms with Gasteiger partial charge >= 0.3 is 0 Å². The molecule has 0 aromatic carbocycles. The van der Waals surface area contributed by atoms with Crippen LogP contribution in [0.15, 0.2) is 134 Å². The molecule has 3 saturated heterocycles. The molecule has 3 aliphatic heterocycles. The summed E-state index contributed by atoms with van der Waals surface area (Å²) in [6.45, 7) is 1.58. The summed E-state index contributed by atoms with van der Waals surface area (Å²) in [5.41, 5.74) is 0. The third-order valence-electron chi connectivity index (χ3n) is 17.7. The van der Waals surface area contributed by atoms with Crippen LogP contribution in [0.5, 0.6) is 0 Å². The molecule has 19 heteroatoms. The monoisotopic (exact) mass is 1380 g/mol. The zero-order valence-corrected chi connectivity index (χ0v) is 59.5. The summed E-state index contributed by atoms with van der Waals surface area (Å²) < 4.78 is 34.3. The van der Waals surface area contributed by atoms with Crippen LogP contribution >= 0.6 is 0 Å². The first kappa shape index (κ1) is 88.1. The second kappa shape index (κ2) is 58.4. The number of unbranched alkanes of at least 4 members (excludes halogenated alkanes) is 20. The largest absolute Gasteiger partial charge is 0.394 e.